The Kier molecular flexibility index (Phi) is 6.93. The zero-order valence-electron chi connectivity index (χ0n) is 15.0. The van der Waals surface area contributed by atoms with Gasteiger partial charge in [-0.3, -0.25) is 4.79 Å². The standard InChI is InChI=1S/C20H20FNO5/c1-3-26-19-11-14(10-17(20(24)25)22-13(2)23)7-8-18(19)27-12-15-5-4-6-16(21)9-15/h4-11H,3,12H2,1-2H3,(H,22,23)(H,24,25)/b17-10+. The molecular weight excluding hydrogens is 353 g/mol. The fourth-order valence-corrected chi connectivity index (χ4v) is 2.30. The number of halogens is 1. The van der Waals surface area contributed by atoms with E-state index < -0.39 is 11.9 Å². The number of hydrogen-bond acceptors (Lipinski definition) is 4. The molecule has 0 spiro atoms. The molecule has 0 heterocycles. The van der Waals surface area contributed by atoms with E-state index in [0.29, 0.717) is 29.2 Å². The number of hydrogen-bond donors (Lipinski definition) is 2. The van der Waals surface area contributed by atoms with Crippen molar-refractivity contribution in [1.82, 2.24) is 5.32 Å². The SMILES string of the molecule is CCOc1cc(/C=C(/NC(C)=O)C(=O)O)ccc1OCc1cccc(F)c1. The van der Waals surface area contributed by atoms with Crippen LogP contribution in [0.15, 0.2) is 48.2 Å². The Morgan fingerprint density at radius 1 is 1.15 bits per heavy atom. The minimum absolute atomic E-state index is 0.152. The molecule has 2 rings (SSSR count). The molecule has 2 N–H and O–H groups in total. The monoisotopic (exact) mass is 373 g/mol. The molecule has 0 unspecified atom stereocenters. The van der Waals surface area contributed by atoms with Gasteiger partial charge in [0.05, 0.1) is 6.61 Å². The molecule has 0 saturated heterocycles. The first-order valence-electron chi connectivity index (χ1n) is 8.25. The topological polar surface area (TPSA) is 84.9 Å². The normalized spacial score (nSPS) is 11.0. The molecule has 0 bridgehead atoms. The summed E-state index contributed by atoms with van der Waals surface area (Å²) in [5.74, 6) is -1.23. The second-order valence-corrected chi connectivity index (χ2v) is 5.60. The lowest BCUT2D eigenvalue weighted by atomic mass is 10.1. The Morgan fingerprint density at radius 3 is 2.56 bits per heavy atom. The molecule has 0 atom stereocenters. The van der Waals surface area contributed by atoms with Gasteiger partial charge in [-0.1, -0.05) is 18.2 Å². The van der Waals surface area contributed by atoms with Gasteiger partial charge >= 0.3 is 5.97 Å². The predicted molar refractivity (Wildman–Crippen MR) is 97.8 cm³/mol. The maximum Gasteiger partial charge on any atom is 0.352 e. The van der Waals surface area contributed by atoms with Crippen LogP contribution in [0.1, 0.15) is 25.0 Å². The zero-order valence-corrected chi connectivity index (χ0v) is 15.0. The molecule has 0 saturated carbocycles. The van der Waals surface area contributed by atoms with E-state index in [1.807, 2.05) is 0 Å². The highest BCUT2D eigenvalue weighted by atomic mass is 19.1. The minimum Gasteiger partial charge on any atom is -0.490 e. The third-order valence-corrected chi connectivity index (χ3v) is 3.40. The number of carboxylic acids is 1. The third-order valence-electron chi connectivity index (χ3n) is 3.40. The number of nitrogens with one attached hydrogen (secondary N) is 1. The summed E-state index contributed by atoms with van der Waals surface area (Å²) in [6.45, 7) is 3.56. The van der Waals surface area contributed by atoms with Gasteiger partial charge in [0.1, 0.15) is 18.1 Å². The number of carboxylic acid groups (broad SMARTS) is 1. The summed E-state index contributed by atoms with van der Waals surface area (Å²) in [4.78, 5) is 22.4. The summed E-state index contributed by atoms with van der Waals surface area (Å²) in [6, 6.07) is 10.9. The van der Waals surface area contributed by atoms with Gasteiger partial charge in [0.15, 0.2) is 11.5 Å². The van der Waals surface area contributed by atoms with Crippen LogP contribution in [0.4, 0.5) is 4.39 Å². The summed E-state index contributed by atoms with van der Waals surface area (Å²) in [5.41, 5.74) is 0.932. The van der Waals surface area contributed by atoms with E-state index in [1.165, 1.54) is 25.1 Å². The first-order valence-corrected chi connectivity index (χ1v) is 8.25. The van der Waals surface area contributed by atoms with Gasteiger partial charge in [0, 0.05) is 6.92 Å². The number of aliphatic carboxylic acids is 1. The molecule has 0 aromatic heterocycles. The van der Waals surface area contributed by atoms with Crippen molar-refractivity contribution in [3.63, 3.8) is 0 Å². The number of ether oxygens (including phenoxy) is 2. The molecule has 0 radical (unpaired) electrons. The van der Waals surface area contributed by atoms with E-state index >= 15 is 0 Å². The van der Waals surface area contributed by atoms with Crippen molar-refractivity contribution in [3.8, 4) is 11.5 Å². The first kappa shape index (κ1) is 20.0. The average Bonchev–Trinajstić information content (AvgIpc) is 2.60. The van der Waals surface area contributed by atoms with Crippen molar-refractivity contribution >= 4 is 18.0 Å². The van der Waals surface area contributed by atoms with Gasteiger partial charge in [0.25, 0.3) is 0 Å². The number of benzene rings is 2. The Labute approximate surface area is 156 Å². The molecule has 27 heavy (non-hydrogen) atoms. The lowest BCUT2D eigenvalue weighted by Gasteiger charge is -2.13. The van der Waals surface area contributed by atoms with Gasteiger partial charge in [-0.15, -0.1) is 0 Å². The van der Waals surface area contributed by atoms with Crippen LogP contribution in [0.5, 0.6) is 11.5 Å². The predicted octanol–water partition coefficient (Wildman–Crippen LogP) is 3.37. The smallest absolute Gasteiger partial charge is 0.352 e. The van der Waals surface area contributed by atoms with E-state index in [9.17, 15) is 19.1 Å². The molecule has 0 aliphatic carbocycles. The maximum atomic E-state index is 13.3. The molecule has 0 aliphatic heterocycles. The molecule has 0 fully saturated rings. The van der Waals surface area contributed by atoms with E-state index in [2.05, 4.69) is 5.32 Å². The maximum absolute atomic E-state index is 13.3. The highest BCUT2D eigenvalue weighted by Gasteiger charge is 2.11. The molecule has 2 aromatic rings. The van der Waals surface area contributed by atoms with Crippen LogP contribution in [-0.2, 0) is 16.2 Å². The fraction of sp³-hybridized carbons (Fsp3) is 0.200. The number of carbonyl (C=O) groups is 2. The molecule has 2 aromatic carbocycles. The second-order valence-electron chi connectivity index (χ2n) is 5.60. The van der Waals surface area contributed by atoms with Crippen molar-refractivity contribution in [2.45, 2.75) is 20.5 Å². The van der Waals surface area contributed by atoms with Gasteiger partial charge in [-0.05, 0) is 48.4 Å². The molecule has 1 amide bonds. The van der Waals surface area contributed by atoms with Crippen LogP contribution in [0, 0.1) is 5.82 Å². The van der Waals surface area contributed by atoms with Crippen molar-refractivity contribution in [2.24, 2.45) is 0 Å². The Balaban J connectivity index is 2.24. The third kappa shape index (κ3) is 6.14. The fourth-order valence-electron chi connectivity index (χ4n) is 2.30. The summed E-state index contributed by atoms with van der Waals surface area (Å²) >= 11 is 0. The summed E-state index contributed by atoms with van der Waals surface area (Å²) in [5, 5.41) is 11.4. The van der Waals surface area contributed by atoms with Crippen LogP contribution >= 0.6 is 0 Å². The zero-order chi connectivity index (χ0) is 19.8. The summed E-state index contributed by atoms with van der Waals surface area (Å²) < 4.78 is 24.5. The largest absolute Gasteiger partial charge is 0.490 e. The molecule has 6 nitrogen and oxygen atoms in total. The van der Waals surface area contributed by atoms with E-state index in [-0.39, 0.29) is 18.1 Å². The molecule has 7 heteroatoms. The molecule has 0 aliphatic rings. The van der Waals surface area contributed by atoms with Gasteiger partial charge < -0.3 is 19.9 Å². The van der Waals surface area contributed by atoms with E-state index in [1.54, 1.807) is 37.3 Å². The number of amides is 1. The Hall–Kier alpha value is -3.35. The van der Waals surface area contributed by atoms with Gasteiger partial charge in [-0.2, -0.15) is 0 Å². The Morgan fingerprint density at radius 2 is 1.93 bits per heavy atom. The summed E-state index contributed by atoms with van der Waals surface area (Å²) in [7, 11) is 0. The lowest BCUT2D eigenvalue weighted by Crippen LogP contribution is -2.24. The second kappa shape index (κ2) is 9.38. The van der Waals surface area contributed by atoms with Gasteiger partial charge in [0.2, 0.25) is 5.91 Å². The lowest BCUT2D eigenvalue weighted by molar-refractivity contribution is -0.134. The van der Waals surface area contributed by atoms with E-state index in [4.69, 9.17) is 9.47 Å². The molecular formula is C20H20FNO5. The van der Waals surface area contributed by atoms with Crippen molar-refractivity contribution in [2.75, 3.05) is 6.61 Å². The first-order chi connectivity index (χ1) is 12.9. The van der Waals surface area contributed by atoms with Crippen LogP contribution < -0.4 is 14.8 Å². The highest BCUT2D eigenvalue weighted by Crippen LogP contribution is 2.30. The van der Waals surface area contributed by atoms with Crippen molar-refractivity contribution < 1.29 is 28.6 Å². The quantitative estimate of drug-likeness (QED) is 0.693. The average molecular weight is 373 g/mol. The summed E-state index contributed by atoms with van der Waals surface area (Å²) in [6.07, 6.45) is 1.32. The number of rotatable bonds is 8. The number of carbonyl (C=O) groups excluding carboxylic acids is 1. The van der Waals surface area contributed by atoms with Crippen LogP contribution in [-0.4, -0.2) is 23.6 Å². The Bertz CT molecular complexity index is 863. The van der Waals surface area contributed by atoms with E-state index in [0.717, 1.165) is 0 Å². The van der Waals surface area contributed by atoms with Crippen LogP contribution in [0.2, 0.25) is 0 Å². The van der Waals surface area contributed by atoms with Crippen molar-refractivity contribution in [3.05, 3.63) is 65.1 Å². The van der Waals surface area contributed by atoms with Crippen molar-refractivity contribution in [1.29, 1.82) is 0 Å². The van der Waals surface area contributed by atoms with Crippen LogP contribution in [0.3, 0.4) is 0 Å². The highest BCUT2D eigenvalue weighted by molar-refractivity contribution is 5.96. The van der Waals surface area contributed by atoms with Crippen LogP contribution in [0.25, 0.3) is 6.08 Å². The molecule has 142 valence electrons. The minimum atomic E-state index is -1.26. The van der Waals surface area contributed by atoms with Gasteiger partial charge in [-0.25, -0.2) is 9.18 Å².